The smallest absolute Gasteiger partial charge is 0.326 e. The molecule has 106 valence electrons. The van der Waals surface area contributed by atoms with Crippen molar-refractivity contribution in [2.45, 2.75) is 6.10 Å². The Morgan fingerprint density at radius 1 is 1.45 bits per heavy atom. The third kappa shape index (κ3) is 3.23. The van der Waals surface area contributed by atoms with E-state index < -0.39 is 18.0 Å². The number of methoxy groups -OCH3 is 1. The van der Waals surface area contributed by atoms with Gasteiger partial charge in [0, 0.05) is 19.9 Å². The predicted molar refractivity (Wildman–Crippen MR) is 68.7 cm³/mol. The van der Waals surface area contributed by atoms with Crippen molar-refractivity contribution in [3.8, 4) is 0 Å². The van der Waals surface area contributed by atoms with Gasteiger partial charge in [-0.05, 0) is 18.2 Å². The highest BCUT2D eigenvalue weighted by Gasteiger charge is 2.24. The van der Waals surface area contributed by atoms with Gasteiger partial charge in [0.05, 0.1) is 6.10 Å². The van der Waals surface area contributed by atoms with Crippen LogP contribution in [0.15, 0.2) is 30.1 Å². The van der Waals surface area contributed by atoms with E-state index >= 15 is 0 Å². The van der Waals surface area contributed by atoms with Crippen LogP contribution in [0.5, 0.6) is 0 Å². The highest BCUT2D eigenvalue weighted by atomic mass is 16.5. The van der Waals surface area contributed by atoms with Crippen LogP contribution in [0.2, 0.25) is 0 Å². The minimum Gasteiger partial charge on any atom is -0.375 e. The second kappa shape index (κ2) is 6.02. The van der Waals surface area contributed by atoms with E-state index in [1.54, 1.807) is 18.3 Å². The Morgan fingerprint density at radius 3 is 2.80 bits per heavy atom. The molecule has 0 bridgehead atoms. The van der Waals surface area contributed by atoms with Gasteiger partial charge in [0.1, 0.15) is 11.4 Å². The molecule has 4 N–H and O–H groups in total. The van der Waals surface area contributed by atoms with Crippen molar-refractivity contribution in [3.63, 3.8) is 0 Å². The molecule has 0 saturated carbocycles. The SMILES string of the molecule is CO[C@H](/C=C1\NC(=O)NC1=O)CNC(=O)c1ccc[nH]1. The van der Waals surface area contributed by atoms with E-state index in [4.69, 9.17) is 4.74 Å². The number of urea groups is 1. The van der Waals surface area contributed by atoms with Gasteiger partial charge in [-0.3, -0.25) is 14.9 Å². The standard InChI is InChI=1S/C12H14N4O4/c1-20-7(5-9-11(18)16-12(19)15-9)6-14-10(17)8-3-2-4-13-8/h2-5,7,13H,6H2,1H3,(H,14,17)(H2,15,16,18,19)/b9-5-/t7-/m1/s1. The van der Waals surface area contributed by atoms with Crippen LogP contribution in [0.1, 0.15) is 10.5 Å². The average Bonchev–Trinajstić information content (AvgIpc) is 3.04. The lowest BCUT2D eigenvalue weighted by Gasteiger charge is -2.12. The van der Waals surface area contributed by atoms with Gasteiger partial charge in [0.15, 0.2) is 0 Å². The summed E-state index contributed by atoms with van der Waals surface area (Å²) in [6.45, 7) is 0.168. The summed E-state index contributed by atoms with van der Waals surface area (Å²) in [5, 5.41) is 7.08. The zero-order valence-corrected chi connectivity index (χ0v) is 10.7. The summed E-state index contributed by atoms with van der Waals surface area (Å²) >= 11 is 0. The Balaban J connectivity index is 1.93. The van der Waals surface area contributed by atoms with Crippen molar-refractivity contribution in [2.75, 3.05) is 13.7 Å². The van der Waals surface area contributed by atoms with Crippen LogP contribution in [0.3, 0.4) is 0 Å². The van der Waals surface area contributed by atoms with Gasteiger partial charge in [0.25, 0.3) is 11.8 Å². The molecule has 0 aliphatic carbocycles. The molecule has 0 aromatic carbocycles. The fourth-order valence-electron chi connectivity index (χ4n) is 1.65. The summed E-state index contributed by atoms with van der Waals surface area (Å²) in [7, 11) is 1.44. The number of nitrogens with one attached hydrogen (secondary N) is 4. The van der Waals surface area contributed by atoms with E-state index in [0.717, 1.165) is 0 Å². The highest BCUT2D eigenvalue weighted by molar-refractivity contribution is 6.11. The molecule has 1 saturated heterocycles. The maximum absolute atomic E-state index is 11.7. The minimum atomic E-state index is -0.577. The third-order valence-corrected chi connectivity index (χ3v) is 2.68. The number of aromatic nitrogens is 1. The maximum Gasteiger partial charge on any atom is 0.326 e. The monoisotopic (exact) mass is 278 g/mol. The number of ether oxygens (including phenoxy) is 1. The predicted octanol–water partition coefficient (Wildman–Crippen LogP) is -0.517. The Hall–Kier alpha value is -2.61. The van der Waals surface area contributed by atoms with E-state index in [0.29, 0.717) is 5.69 Å². The number of carbonyl (C=O) groups excluding carboxylic acids is 3. The zero-order chi connectivity index (χ0) is 14.5. The summed E-state index contributed by atoms with van der Waals surface area (Å²) in [4.78, 5) is 36.8. The average molecular weight is 278 g/mol. The molecular formula is C12H14N4O4. The first kappa shape index (κ1) is 13.8. The lowest BCUT2D eigenvalue weighted by Crippen LogP contribution is -2.33. The van der Waals surface area contributed by atoms with Gasteiger partial charge in [-0.1, -0.05) is 0 Å². The van der Waals surface area contributed by atoms with E-state index in [9.17, 15) is 14.4 Å². The van der Waals surface area contributed by atoms with Gasteiger partial charge in [0.2, 0.25) is 0 Å². The van der Waals surface area contributed by atoms with Gasteiger partial charge in [-0.15, -0.1) is 0 Å². The van der Waals surface area contributed by atoms with Crippen molar-refractivity contribution >= 4 is 17.8 Å². The molecular weight excluding hydrogens is 264 g/mol. The number of hydrogen-bond donors (Lipinski definition) is 4. The van der Waals surface area contributed by atoms with Crippen LogP contribution in [0.25, 0.3) is 0 Å². The number of amides is 4. The summed E-state index contributed by atoms with van der Waals surface area (Å²) in [6.07, 6.45) is 2.55. The molecule has 0 radical (unpaired) electrons. The molecule has 8 nitrogen and oxygen atoms in total. The van der Waals surface area contributed by atoms with E-state index in [-0.39, 0.29) is 18.1 Å². The largest absolute Gasteiger partial charge is 0.375 e. The van der Waals surface area contributed by atoms with Crippen molar-refractivity contribution in [3.05, 3.63) is 35.8 Å². The van der Waals surface area contributed by atoms with Gasteiger partial charge in [-0.25, -0.2) is 4.79 Å². The normalized spacial score (nSPS) is 17.8. The van der Waals surface area contributed by atoms with E-state index in [2.05, 4.69) is 20.9 Å². The molecule has 2 rings (SSSR count). The fourth-order valence-corrected chi connectivity index (χ4v) is 1.65. The topological polar surface area (TPSA) is 112 Å². The van der Waals surface area contributed by atoms with Crippen LogP contribution in [-0.4, -0.2) is 42.6 Å². The maximum atomic E-state index is 11.7. The number of rotatable bonds is 5. The summed E-state index contributed by atoms with van der Waals surface area (Å²) in [5.74, 6) is -0.803. The van der Waals surface area contributed by atoms with Gasteiger partial charge >= 0.3 is 6.03 Å². The Labute approximate surface area is 114 Å². The lowest BCUT2D eigenvalue weighted by molar-refractivity contribution is -0.115. The minimum absolute atomic E-state index is 0.107. The zero-order valence-electron chi connectivity index (χ0n) is 10.7. The number of imide groups is 1. The molecule has 0 spiro atoms. The summed E-state index contributed by atoms with van der Waals surface area (Å²) < 4.78 is 5.13. The van der Waals surface area contributed by atoms with Crippen LogP contribution in [0, 0.1) is 0 Å². The molecule has 0 unspecified atom stereocenters. The molecule has 20 heavy (non-hydrogen) atoms. The number of hydrogen-bond acceptors (Lipinski definition) is 4. The first-order chi connectivity index (χ1) is 9.60. The first-order valence-corrected chi connectivity index (χ1v) is 5.88. The number of carbonyl (C=O) groups is 3. The molecule has 1 aromatic rings. The Morgan fingerprint density at radius 2 is 2.25 bits per heavy atom. The number of H-pyrrole nitrogens is 1. The molecule has 2 heterocycles. The first-order valence-electron chi connectivity index (χ1n) is 5.88. The van der Waals surface area contributed by atoms with Crippen molar-refractivity contribution < 1.29 is 19.1 Å². The fraction of sp³-hybridized carbons (Fsp3) is 0.250. The van der Waals surface area contributed by atoms with Gasteiger partial charge < -0.3 is 20.4 Å². The summed E-state index contributed by atoms with van der Waals surface area (Å²) in [6, 6.07) is 2.77. The number of aromatic amines is 1. The molecule has 1 atom stereocenters. The van der Waals surface area contributed by atoms with Gasteiger partial charge in [-0.2, -0.15) is 0 Å². The molecule has 1 aliphatic rings. The Bertz CT molecular complexity index is 550. The molecule has 4 amide bonds. The molecule has 1 fully saturated rings. The second-order valence-electron chi connectivity index (χ2n) is 4.06. The third-order valence-electron chi connectivity index (χ3n) is 2.68. The second-order valence-corrected chi connectivity index (χ2v) is 4.06. The van der Waals surface area contributed by atoms with Crippen molar-refractivity contribution in [1.29, 1.82) is 0 Å². The van der Waals surface area contributed by atoms with Crippen LogP contribution in [-0.2, 0) is 9.53 Å². The Kier molecular flexibility index (Phi) is 4.16. The van der Waals surface area contributed by atoms with E-state index in [1.807, 2.05) is 0 Å². The highest BCUT2D eigenvalue weighted by Crippen LogP contribution is 2.02. The van der Waals surface area contributed by atoms with Crippen LogP contribution >= 0.6 is 0 Å². The van der Waals surface area contributed by atoms with Crippen LogP contribution < -0.4 is 16.0 Å². The van der Waals surface area contributed by atoms with Crippen molar-refractivity contribution in [2.24, 2.45) is 0 Å². The van der Waals surface area contributed by atoms with Crippen molar-refractivity contribution in [1.82, 2.24) is 20.9 Å². The summed E-state index contributed by atoms with van der Waals surface area (Å²) in [5.41, 5.74) is 0.537. The van der Waals surface area contributed by atoms with Crippen LogP contribution in [0.4, 0.5) is 4.79 Å². The molecule has 1 aromatic heterocycles. The lowest BCUT2D eigenvalue weighted by atomic mass is 10.2. The quantitative estimate of drug-likeness (QED) is 0.429. The van der Waals surface area contributed by atoms with E-state index in [1.165, 1.54) is 13.2 Å². The molecule has 8 heteroatoms. The molecule has 1 aliphatic heterocycles.